The van der Waals surface area contributed by atoms with Crippen LogP contribution >= 0.6 is 11.6 Å². The van der Waals surface area contributed by atoms with Gasteiger partial charge < -0.3 is 10.1 Å². The van der Waals surface area contributed by atoms with E-state index in [4.69, 9.17) is 16.3 Å². The number of hydrogen-bond acceptors (Lipinski definition) is 3. The van der Waals surface area contributed by atoms with Crippen LogP contribution in [0.5, 0.6) is 5.75 Å². The molecule has 4 heteroatoms. The van der Waals surface area contributed by atoms with Crippen LogP contribution in [0.15, 0.2) is 42.6 Å². The zero-order valence-electron chi connectivity index (χ0n) is 10.2. The van der Waals surface area contributed by atoms with Crippen molar-refractivity contribution in [2.75, 3.05) is 11.9 Å². The van der Waals surface area contributed by atoms with E-state index in [1.54, 1.807) is 12.3 Å². The van der Waals surface area contributed by atoms with E-state index in [1.807, 2.05) is 37.3 Å². The van der Waals surface area contributed by atoms with Crippen molar-refractivity contribution in [3.05, 3.63) is 53.3 Å². The fraction of sp³-hybridized carbons (Fsp3) is 0.214. The summed E-state index contributed by atoms with van der Waals surface area (Å²) in [4.78, 5) is 4.01. The lowest BCUT2D eigenvalue weighted by Crippen LogP contribution is -1.99. The Morgan fingerprint density at radius 2 is 1.94 bits per heavy atom. The first-order valence-electron chi connectivity index (χ1n) is 5.85. The maximum absolute atomic E-state index is 5.72. The number of nitrogens with zero attached hydrogens (tertiary/aromatic N) is 1. The van der Waals surface area contributed by atoms with E-state index < -0.39 is 0 Å². The molecule has 0 saturated heterocycles. The molecule has 94 valence electrons. The second-order valence-corrected chi connectivity index (χ2v) is 4.19. The first-order valence-corrected chi connectivity index (χ1v) is 6.23. The van der Waals surface area contributed by atoms with Gasteiger partial charge in [-0.3, -0.25) is 0 Å². The first-order chi connectivity index (χ1) is 8.78. The number of rotatable bonds is 5. The van der Waals surface area contributed by atoms with E-state index in [1.165, 1.54) is 5.56 Å². The van der Waals surface area contributed by atoms with Crippen LogP contribution in [0.2, 0.25) is 5.15 Å². The third kappa shape index (κ3) is 3.64. The average molecular weight is 263 g/mol. The smallest absolute Gasteiger partial charge is 0.129 e. The molecule has 0 radical (unpaired) electrons. The van der Waals surface area contributed by atoms with Crippen LogP contribution in [0.1, 0.15) is 12.5 Å². The Morgan fingerprint density at radius 1 is 1.17 bits per heavy atom. The van der Waals surface area contributed by atoms with Crippen molar-refractivity contribution in [3.63, 3.8) is 0 Å². The van der Waals surface area contributed by atoms with Crippen LogP contribution in [-0.2, 0) is 6.54 Å². The number of ether oxygens (including phenoxy) is 1. The average Bonchev–Trinajstić information content (AvgIpc) is 2.40. The molecular formula is C14H15ClN2O. The summed E-state index contributed by atoms with van der Waals surface area (Å²) in [5.41, 5.74) is 2.14. The highest BCUT2D eigenvalue weighted by Crippen LogP contribution is 2.14. The van der Waals surface area contributed by atoms with Crippen molar-refractivity contribution in [2.45, 2.75) is 13.5 Å². The third-order valence-corrected chi connectivity index (χ3v) is 2.68. The Morgan fingerprint density at radius 3 is 2.56 bits per heavy atom. The number of hydrogen-bond donors (Lipinski definition) is 1. The van der Waals surface area contributed by atoms with Gasteiger partial charge in [0.25, 0.3) is 0 Å². The molecular weight excluding hydrogens is 248 g/mol. The molecule has 18 heavy (non-hydrogen) atoms. The van der Waals surface area contributed by atoms with Crippen LogP contribution in [0.4, 0.5) is 5.69 Å². The molecule has 0 aliphatic rings. The number of nitrogens with one attached hydrogen (secondary N) is 1. The van der Waals surface area contributed by atoms with Gasteiger partial charge in [0.2, 0.25) is 0 Å². The van der Waals surface area contributed by atoms with Gasteiger partial charge in [-0.1, -0.05) is 23.7 Å². The summed E-state index contributed by atoms with van der Waals surface area (Å²) in [5, 5.41) is 3.78. The van der Waals surface area contributed by atoms with Gasteiger partial charge in [0.1, 0.15) is 10.9 Å². The summed E-state index contributed by atoms with van der Waals surface area (Å²) in [6.07, 6.45) is 1.72. The number of aromatic nitrogens is 1. The zero-order valence-corrected chi connectivity index (χ0v) is 10.9. The molecule has 0 saturated carbocycles. The lowest BCUT2D eigenvalue weighted by atomic mass is 10.2. The molecule has 0 amide bonds. The lowest BCUT2D eigenvalue weighted by Gasteiger charge is -2.07. The van der Waals surface area contributed by atoms with Gasteiger partial charge in [0.15, 0.2) is 0 Å². The molecule has 1 heterocycles. The van der Waals surface area contributed by atoms with Crippen LogP contribution in [0.25, 0.3) is 0 Å². The van der Waals surface area contributed by atoms with E-state index in [0.29, 0.717) is 11.8 Å². The van der Waals surface area contributed by atoms with Crippen molar-refractivity contribution in [3.8, 4) is 5.75 Å². The van der Waals surface area contributed by atoms with Crippen LogP contribution in [0.3, 0.4) is 0 Å². The number of benzene rings is 1. The van der Waals surface area contributed by atoms with Crippen molar-refractivity contribution < 1.29 is 4.74 Å². The Hall–Kier alpha value is -1.74. The number of pyridine rings is 1. The highest BCUT2D eigenvalue weighted by Gasteiger charge is 1.96. The zero-order chi connectivity index (χ0) is 12.8. The van der Waals surface area contributed by atoms with Crippen molar-refractivity contribution in [1.82, 2.24) is 4.98 Å². The Balaban J connectivity index is 1.91. The molecule has 1 aromatic carbocycles. The molecule has 1 aromatic heterocycles. The van der Waals surface area contributed by atoms with E-state index in [-0.39, 0.29) is 0 Å². The van der Waals surface area contributed by atoms with Gasteiger partial charge in [-0.15, -0.1) is 0 Å². The minimum absolute atomic E-state index is 0.501. The summed E-state index contributed by atoms with van der Waals surface area (Å²) in [7, 11) is 0. The van der Waals surface area contributed by atoms with Crippen LogP contribution in [-0.4, -0.2) is 11.6 Å². The quantitative estimate of drug-likeness (QED) is 0.834. The van der Waals surface area contributed by atoms with Crippen LogP contribution in [0, 0.1) is 0 Å². The van der Waals surface area contributed by atoms with E-state index in [0.717, 1.165) is 18.0 Å². The fourth-order valence-electron chi connectivity index (χ4n) is 1.55. The summed E-state index contributed by atoms with van der Waals surface area (Å²) in [6, 6.07) is 11.7. The molecule has 0 aliphatic carbocycles. The summed E-state index contributed by atoms with van der Waals surface area (Å²) in [5.74, 6) is 0.898. The van der Waals surface area contributed by atoms with Gasteiger partial charge in [0.05, 0.1) is 18.5 Å². The molecule has 0 aliphatic heterocycles. The third-order valence-electron chi connectivity index (χ3n) is 2.46. The first kappa shape index (κ1) is 12.7. The largest absolute Gasteiger partial charge is 0.494 e. The fourth-order valence-corrected chi connectivity index (χ4v) is 1.67. The Bertz CT molecular complexity index is 482. The van der Waals surface area contributed by atoms with Gasteiger partial charge in [0, 0.05) is 6.54 Å². The Kier molecular flexibility index (Phi) is 4.42. The van der Waals surface area contributed by atoms with Crippen molar-refractivity contribution in [2.24, 2.45) is 0 Å². The van der Waals surface area contributed by atoms with Gasteiger partial charge >= 0.3 is 0 Å². The molecule has 0 bridgehead atoms. The van der Waals surface area contributed by atoms with Crippen molar-refractivity contribution in [1.29, 1.82) is 0 Å². The van der Waals surface area contributed by atoms with E-state index in [2.05, 4.69) is 10.3 Å². The number of halogens is 1. The molecule has 2 rings (SSSR count). The standard InChI is InChI=1S/C14H15ClN2O/c1-2-18-13-6-3-11(4-7-13)9-16-12-5-8-14(15)17-10-12/h3-8,10,16H,2,9H2,1H3. The van der Waals surface area contributed by atoms with Gasteiger partial charge in [-0.05, 0) is 36.8 Å². The highest BCUT2D eigenvalue weighted by molar-refractivity contribution is 6.29. The predicted octanol–water partition coefficient (Wildman–Crippen LogP) is 3.75. The maximum atomic E-state index is 5.72. The van der Waals surface area contributed by atoms with Crippen molar-refractivity contribution >= 4 is 17.3 Å². The second kappa shape index (κ2) is 6.26. The predicted molar refractivity (Wildman–Crippen MR) is 74.2 cm³/mol. The maximum Gasteiger partial charge on any atom is 0.129 e. The van der Waals surface area contributed by atoms with Gasteiger partial charge in [-0.2, -0.15) is 0 Å². The topological polar surface area (TPSA) is 34.1 Å². The molecule has 0 unspecified atom stereocenters. The molecule has 0 fully saturated rings. The molecule has 0 spiro atoms. The molecule has 3 nitrogen and oxygen atoms in total. The minimum atomic E-state index is 0.501. The SMILES string of the molecule is CCOc1ccc(CNc2ccc(Cl)nc2)cc1. The summed E-state index contributed by atoms with van der Waals surface area (Å²) in [6.45, 7) is 3.41. The summed E-state index contributed by atoms with van der Waals surface area (Å²) < 4.78 is 5.39. The minimum Gasteiger partial charge on any atom is -0.494 e. The molecule has 0 atom stereocenters. The summed E-state index contributed by atoms with van der Waals surface area (Å²) >= 11 is 5.72. The molecule has 1 N–H and O–H groups in total. The lowest BCUT2D eigenvalue weighted by molar-refractivity contribution is 0.340. The monoisotopic (exact) mass is 262 g/mol. The number of anilines is 1. The molecule has 2 aromatic rings. The Labute approximate surface area is 112 Å². The highest BCUT2D eigenvalue weighted by atomic mass is 35.5. The normalized spacial score (nSPS) is 10.1. The van der Waals surface area contributed by atoms with E-state index >= 15 is 0 Å². The van der Waals surface area contributed by atoms with Gasteiger partial charge in [-0.25, -0.2) is 4.98 Å². The van der Waals surface area contributed by atoms with Crippen LogP contribution < -0.4 is 10.1 Å². The second-order valence-electron chi connectivity index (χ2n) is 3.80. The van der Waals surface area contributed by atoms with E-state index in [9.17, 15) is 0 Å².